The van der Waals surface area contributed by atoms with Crippen molar-refractivity contribution in [3.8, 4) is 11.3 Å². The van der Waals surface area contributed by atoms with E-state index in [4.69, 9.17) is 5.73 Å². The number of carbonyl (C=O) groups excluding carboxylic acids is 1. The number of hydrogen-bond acceptors (Lipinski definition) is 8. The Balaban J connectivity index is 1.47. The molecule has 0 spiro atoms. The molecule has 9 nitrogen and oxygen atoms in total. The zero-order valence-corrected chi connectivity index (χ0v) is 19.4. The number of primary amides is 1. The summed E-state index contributed by atoms with van der Waals surface area (Å²) < 4.78 is 1.07. The maximum Gasteiger partial charge on any atom is 0.284 e. The van der Waals surface area contributed by atoms with Crippen LogP contribution in [0.3, 0.4) is 0 Å². The number of imidazole rings is 1. The van der Waals surface area contributed by atoms with E-state index in [1.807, 2.05) is 60.1 Å². The highest BCUT2D eigenvalue weighted by atomic mass is 32.1. The number of anilines is 3. The Hall–Kier alpha value is -4.28. The molecule has 3 aromatic heterocycles. The number of aromatic amines is 1. The van der Waals surface area contributed by atoms with E-state index in [-0.39, 0.29) is 18.5 Å². The fourth-order valence-electron chi connectivity index (χ4n) is 3.80. The second-order valence-electron chi connectivity index (χ2n) is 8.00. The largest absolute Gasteiger partial charge is 0.394 e. The molecule has 5 aromatic rings. The molecule has 2 aromatic carbocycles. The predicted molar refractivity (Wildman–Crippen MR) is 138 cm³/mol. The molecular weight excluding hydrogens is 462 g/mol. The number of nitrogens with zero attached hydrogens (tertiary/aromatic N) is 3. The van der Waals surface area contributed by atoms with Crippen LogP contribution >= 0.6 is 11.3 Å². The first-order chi connectivity index (χ1) is 17.1. The first-order valence-electron chi connectivity index (χ1n) is 11.0. The van der Waals surface area contributed by atoms with Gasteiger partial charge in [0.1, 0.15) is 5.82 Å². The highest BCUT2D eigenvalue weighted by Gasteiger charge is 2.16. The van der Waals surface area contributed by atoms with Gasteiger partial charge >= 0.3 is 0 Å². The van der Waals surface area contributed by atoms with Gasteiger partial charge < -0.3 is 26.5 Å². The van der Waals surface area contributed by atoms with Crippen LogP contribution in [0, 0.1) is 0 Å². The topological polar surface area (TPSA) is 142 Å². The van der Waals surface area contributed by atoms with Gasteiger partial charge in [-0.25, -0.2) is 15.0 Å². The van der Waals surface area contributed by atoms with Crippen LogP contribution < -0.4 is 16.4 Å². The van der Waals surface area contributed by atoms with Crippen molar-refractivity contribution in [3.05, 3.63) is 83.9 Å². The lowest BCUT2D eigenvalue weighted by atomic mass is 10.1. The monoisotopic (exact) mass is 485 g/mol. The van der Waals surface area contributed by atoms with Gasteiger partial charge in [-0.2, -0.15) is 0 Å². The first-order valence-corrected chi connectivity index (χ1v) is 11.8. The van der Waals surface area contributed by atoms with Gasteiger partial charge in [0.05, 0.1) is 40.3 Å². The highest BCUT2D eigenvalue weighted by molar-refractivity contribution is 7.16. The van der Waals surface area contributed by atoms with Gasteiger partial charge in [-0.1, -0.05) is 30.3 Å². The van der Waals surface area contributed by atoms with Crippen LogP contribution in [0.2, 0.25) is 0 Å². The summed E-state index contributed by atoms with van der Waals surface area (Å²) in [7, 11) is 0. The maximum atomic E-state index is 11.5. The second kappa shape index (κ2) is 9.92. The Kier molecular flexibility index (Phi) is 6.38. The smallest absolute Gasteiger partial charge is 0.284 e. The van der Waals surface area contributed by atoms with Crippen molar-refractivity contribution in [2.24, 2.45) is 5.73 Å². The quantitative estimate of drug-likeness (QED) is 0.213. The lowest BCUT2D eigenvalue weighted by molar-refractivity contribution is 0.0991. The summed E-state index contributed by atoms with van der Waals surface area (Å²) in [5.41, 5.74) is 12.1. The molecule has 0 aliphatic rings. The van der Waals surface area contributed by atoms with Crippen molar-refractivity contribution in [1.29, 1.82) is 0 Å². The summed E-state index contributed by atoms with van der Waals surface area (Å²) in [5, 5.41) is 16.9. The van der Waals surface area contributed by atoms with Gasteiger partial charge in [0.2, 0.25) is 0 Å². The van der Waals surface area contributed by atoms with Crippen molar-refractivity contribution >= 4 is 44.7 Å². The summed E-state index contributed by atoms with van der Waals surface area (Å²) in [5.74, 6) is 0.0351. The predicted octanol–water partition coefficient (Wildman–Crippen LogP) is 3.94. The SMILES string of the molecule is NC(=O)c1ncc(-c2cnc(Nc3ccc4ncsc4c3)cc2N[C@H](CO)Cc2ccccc2)[nH]1. The number of nitrogens with one attached hydrogen (secondary N) is 3. The fourth-order valence-corrected chi connectivity index (χ4v) is 4.52. The highest BCUT2D eigenvalue weighted by Crippen LogP contribution is 2.31. The lowest BCUT2D eigenvalue weighted by Gasteiger charge is -2.20. The molecule has 0 aliphatic carbocycles. The molecule has 0 unspecified atom stereocenters. The van der Waals surface area contributed by atoms with E-state index in [1.165, 1.54) is 6.20 Å². The molecule has 6 N–H and O–H groups in total. The molecule has 176 valence electrons. The average molecular weight is 486 g/mol. The number of thiazole rings is 1. The van der Waals surface area contributed by atoms with Crippen molar-refractivity contribution in [2.75, 3.05) is 17.2 Å². The molecule has 3 heterocycles. The molecule has 0 saturated heterocycles. The number of amides is 1. The number of nitrogens with two attached hydrogens (primary N) is 1. The zero-order valence-electron chi connectivity index (χ0n) is 18.6. The number of H-pyrrole nitrogens is 1. The van der Waals surface area contributed by atoms with Crippen LogP contribution in [0.4, 0.5) is 17.2 Å². The number of aliphatic hydroxyl groups excluding tert-OH is 1. The van der Waals surface area contributed by atoms with Gasteiger partial charge in [0, 0.05) is 29.2 Å². The van der Waals surface area contributed by atoms with E-state index in [1.54, 1.807) is 17.5 Å². The standard InChI is InChI=1S/C25H23N7O2S/c26-24(34)25-28-12-21(32-25)18-11-27-23(31-16-6-7-19-22(9-16)35-14-29-19)10-20(18)30-17(13-33)8-15-4-2-1-3-5-15/h1-7,9-12,14,17,33H,8,13H2,(H2,26,34)(H,28,32)(H2,27,30,31)/t17-/m0/s1. The van der Waals surface area contributed by atoms with Crippen LogP contribution in [0.25, 0.3) is 21.5 Å². The average Bonchev–Trinajstić information content (AvgIpc) is 3.54. The molecule has 35 heavy (non-hydrogen) atoms. The zero-order chi connectivity index (χ0) is 24.2. The molecule has 1 atom stereocenters. The third-order valence-corrected chi connectivity index (χ3v) is 6.30. The molecule has 0 bridgehead atoms. The van der Waals surface area contributed by atoms with E-state index in [2.05, 4.69) is 30.6 Å². The number of aliphatic hydroxyl groups is 1. The molecule has 10 heteroatoms. The van der Waals surface area contributed by atoms with Crippen LogP contribution in [0.15, 0.2) is 72.5 Å². The normalized spacial score (nSPS) is 11.9. The number of rotatable bonds is 9. The molecule has 0 radical (unpaired) electrons. The third kappa shape index (κ3) is 5.13. The van der Waals surface area contributed by atoms with Crippen LogP contribution in [-0.2, 0) is 6.42 Å². The number of benzene rings is 2. The van der Waals surface area contributed by atoms with E-state index in [9.17, 15) is 9.90 Å². The Labute approximate surface area is 205 Å². The third-order valence-electron chi connectivity index (χ3n) is 5.51. The van der Waals surface area contributed by atoms with Crippen LogP contribution in [0.1, 0.15) is 16.2 Å². The maximum absolute atomic E-state index is 11.5. The van der Waals surface area contributed by atoms with Gasteiger partial charge in [0.25, 0.3) is 5.91 Å². The van der Waals surface area contributed by atoms with E-state index >= 15 is 0 Å². The summed E-state index contributed by atoms with van der Waals surface area (Å²) in [6.45, 7) is -0.0724. The second-order valence-corrected chi connectivity index (χ2v) is 8.88. The lowest BCUT2D eigenvalue weighted by Crippen LogP contribution is -2.26. The first kappa shape index (κ1) is 22.5. The number of fused-ring (bicyclic) bond motifs is 1. The summed E-state index contributed by atoms with van der Waals surface area (Å²) in [6, 6.07) is 17.5. The number of carbonyl (C=O) groups is 1. The van der Waals surface area contributed by atoms with E-state index < -0.39 is 5.91 Å². The Morgan fingerprint density at radius 2 is 1.94 bits per heavy atom. The molecule has 0 aliphatic heterocycles. The molecule has 0 saturated carbocycles. The minimum atomic E-state index is -0.646. The summed E-state index contributed by atoms with van der Waals surface area (Å²) in [4.78, 5) is 27.4. The van der Waals surface area contributed by atoms with E-state index in [0.29, 0.717) is 23.5 Å². The summed E-state index contributed by atoms with van der Waals surface area (Å²) in [6.07, 6.45) is 3.85. The number of aromatic nitrogens is 4. The molecular formula is C25H23N7O2S. The number of pyridine rings is 1. The number of hydrogen-bond donors (Lipinski definition) is 5. The minimum absolute atomic E-state index is 0.0639. The Morgan fingerprint density at radius 1 is 1.09 bits per heavy atom. The summed E-state index contributed by atoms with van der Waals surface area (Å²) >= 11 is 1.57. The van der Waals surface area contributed by atoms with Crippen molar-refractivity contribution in [2.45, 2.75) is 12.5 Å². The molecule has 1 amide bonds. The van der Waals surface area contributed by atoms with Crippen LogP contribution in [0.5, 0.6) is 0 Å². The van der Waals surface area contributed by atoms with Gasteiger partial charge in [-0.15, -0.1) is 11.3 Å². The Bertz CT molecular complexity index is 1470. The van der Waals surface area contributed by atoms with Gasteiger partial charge in [-0.3, -0.25) is 4.79 Å². The van der Waals surface area contributed by atoms with Crippen molar-refractivity contribution < 1.29 is 9.90 Å². The van der Waals surface area contributed by atoms with Crippen molar-refractivity contribution in [1.82, 2.24) is 19.9 Å². The van der Waals surface area contributed by atoms with Crippen molar-refractivity contribution in [3.63, 3.8) is 0 Å². The fraction of sp³-hybridized carbons (Fsp3) is 0.120. The van der Waals surface area contributed by atoms with Gasteiger partial charge in [-0.05, 0) is 30.2 Å². The van der Waals surface area contributed by atoms with Gasteiger partial charge in [0.15, 0.2) is 5.82 Å². The van der Waals surface area contributed by atoms with E-state index in [0.717, 1.165) is 27.2 Å². The minimum Gasteiger partial charge on any atom is -0.394 e. The molecule has 0 fully saturated rings. The Morgan fingerprint density at radius 3 is 2.71 bits per heavy atom. The van der Waals surface area contributed by atoms with Crippen LogP contribution in [-0.4, -0.2) is 43.6 Å². The molecule has 5 rings (SSSR count).